The topological polar surface area (TPSA) is 55.2 Å². The highest BCUT2D eigenvalue weighted by atomic mass is 32.2. The van der Waals surface area contributed by atoms with Crippen LogP contribution in [0.1, 0.15) is 28.8 Å². The Balaban J connectivity index is 1.43. The van der Waals surface area contributed by atoms with Crippen LogP contribution in [-0.4, -0.2) is 33.5 Å². The first kappa shape index (κ1) is 17.8. The minimum atomic E-state index is -0.543. The average Bonchev–Trinajstić information content (AvgIpc) is 3.05. The molecule has 2 heterocycles. The van der Waals surface area contributed by atoms with E-state index in [-0.39, 0.29) is 6.61 Å². The largest absolute Gasteiger partial charge is 0.491 e. The zero-order chi connectivity index (χ0) is 17.9. The van der Waals surface area contributed by atoms with E-state index in [1.54, 1.807) is 29.4 Å². The number of nitrogens with zero attached hydrogens (tertiary/aromatic N) is 2. The van der Waals surface area contributed by atoms with Crippen molar-refractivity contribution in [1.82, 2.24) is 9.97 Å². The van der Waals surface area contributed by atoms with E-state index in [9.17, 15) is 5.11 Å². The van der Waals surface area contributed by atoms with Gasteiger partial charge in [0.1, 0.15) is 28.5 Å². The summed E-state index contributed by atoms with van der Waals surface area (Å²) in [6, 6.07) is 7.87. The van der Waals surface area contributed by atoms with Gasteiger partial charge in [-0.15, -0.1) is 23.1 Å². The van der Waals surface area contributed by atoms with Gasteiger partial charge in [0.2, 0.25) is 0 Å². The van der Waals surface area contributed by atoms with Gasteiger partial charge in [-0.2, -0.15) is 0 Å². The lowest BCUT2D eigenvalue weighted by molar-refractivity contribution is 0.126. The summed E-state index contributed by atoms with van der Waals surface area (Å²) in [7, 11) is 0. The van der Waals surface area contributed by atoms with E-state index in [1.165, 1.54) is 28.7 Å². The monoisotopic (exact) mass is 386 g/mol. The van der Waals surface area contributed by atoms with Gasteiger partial charge in [-0.1, -0.05) is 18.2 Å². The van der Waals surface area contributed by atoms with E-state index in [0.717, 1.165) is 34.0 Å². The lowest BCUT2D eigenvalue weighted by atomic mass is 9.97. The quantitative estimate of drug-likeness (QED) is 0.502. The Bertz CT molecular complexity index is 910. The van der Waals surface area contributed by atoms with Crippen molar-refractivity contribution in [1.29, 1.82) is 0 Å². The summed E-state index contributed by atoms with van der Waals surface area (Å²) in [5, 5.41) is 12.5. The van der Waals surface area contributed by atoms with Crippen LogP contribution < -0.4 is 4.74 Å². The van der Waals surface area contributed by atoms with E-state index in [4.69, 9.17) is 4.74 Å². The Morgan fingerprint density at radius 1 is 1.23 bits per heavy atom. The molecule has 0 radical (unpaired) electrons. The fraction of sp³-hybridized carbons (Fsp3) is 0.400. The standard InChI is InChI=1S/C20H22N2O2S2/c1-13-6-2-4-8-16(13)24-10-14(23)11-25-19-18-15-7-3-5-9-17(15)26-20(18)22-12-21-19/h2,4,6,8,12,14,23H,3,5,7,9-11H2,1H3/t14-/m1/s1. The maximum atomic E-state index is 10.3. The van der Waals surface area contributed by atoms with Gasteiger partial charge in [0.15, 0.2) is 0 Å². The molecule has 136 valence electrons. The van der Waals surface area contributed by atoms with Crippen molar-refractivity contribution in [3.05, 3.63) is 46.6 Å². The molecule has 4 nitrogen and oxygen atoms in total. The number of fused-ring (bicyclic) bond motifs is 3. The minimum absolute atomic E-state index is 0.286. The first-order valence-electron chi connectivity index (χ1n) is 8.97. The smallest absolute Gasteiger partial charge is 0.128 e. The van der Waals surface area contributed by atoms with E-state index >= 15 is 0 Å². The summed E-state index contributed by atoms with van der Waals surface area (Å²) in [4.78, 5) is 11.5. The summed E-state index contributed by atoms with van der Waals surface area (Å²) < 4.78 is 5.76. The molecule has 26 heavy (non-hydrogen) atoms. The Morgan fingerprint density at radius 2 is 2.08 bits per heavy atom. The fourth-order valence-electron chi connectivity index (χ4n) is 3.30. The lowest BCUT2D eigenvalue weighted by Crippen LogP contribution is -2.20. The van der Waals surface area contributed by atoms with Gasteiger partial charge >= 0.3 is 0 Å². The molecule has 3 aromatic rings. The number of aliphatic hydroxyl groups excluding tert-OH is 1. The molecule has 1 aliphatic rings. The maximum Gasteiger partial charge on any atom is 0.128 e. The molecule has 1 aliphatic carbocycles. The SMILES string of the molecule is Cc1ccccc1OC[C@@H](O)CSc1ncnc2sc3c(c12)CCCC3. The zero-order valence-corrected chi connectivity index (χ0v) is 16.4. The molecule has 0 unspecified atom stereocenters. The van der Waals surface area contributed by atoms with Crippen molar-refractivity contribution in [3.8, 4) is 5.75 Å². The number of hydrogen-bond acceptors (Lipinski definition) is 6. The van der Waals surface area contributed by atoms with E-state index in [1.807, 2.05) is 31.2 Å². The number of aliphatic hydroxyl groups is 1. The highest BCUT2D eigenvalue weighted by Gasteiger charge is 2.20. The Kier molecular flexibility index (Phi) is 5.43. The van der Waals surface area contributed by atoms with Crippen molar-refractivity contribution < 1.29 is 9.84 Å². The van der Waals surface area contributed by atoms with Gasteiger partial charge in [0.25, 0.3) is 0 Å². The van der Waals surface area contributed by atoms with Gasteiger partial charge in [-0.05, 0) is 49.8 Å². The van der Waals surface area contributed by atoms with Crippen LogP contribution in [0.15, 0.2) is 35.6 Å². The third kappa shape index (κ3) is 3.72. The van der Waals surface area contributed by atoms with Crippen molar-refractivity contribution in [2.75, 3.05) is 12.4 Å². The molecule has 0 bridgehead atoms. The molecule has 0 fully saturated rings. The molecular weight excluding hydrogens is 364 g/mol. The fourth-order valence-corrected chi connectivity index (χ4v) is 5.52. The minimum Gasteiger partial charge on any atom is -0.491 e. The number of thiophene rings is 1. The van der Waals surface area contributed by atoms with Crippen molar-refractivity contribution in [2.45, 2.75) is 43.7 Å². The van der Waals surface area contributed by atoms with Crippen LogP contribution in [0.5, 0.6) is 5.75 Å². The summed E-state index contributed by atoms with van der Waals surface area (Å²) in [5.74, 6) is 1.38. The van der Waals surface area contributed by atoms with Crippen LogP contribution >= 0.6 is 23.1 Å². The van der Waals surface area contributed by atoms with Gasteiger partial charge in [-0.25, -0.2) is 9.97 Å². The number of rotatable bonds is 6. The predicted molar refractivity (Wildman–Crippen MR) is 107 cm³/mol. The highest BCUT2D eigenvalue weighted by Crippen LogP contribution is 2.39. The number of aryl methyl sites for hydroxylation is 3. The highest BCUT2D eigenvalue weighted by molar-refractivity contribution is 7.99. The number of para-hydroxylation sites is 1. The van der Waals surface area contributed by atoms with Crippen LogP contribution in [0.2, 0.25) is 0 Å². The van der Waals surface area contributed by atoms with Crippen LogP contribution in [0.25, 0.3) is 10.2 Å². The summed E-state index contributed by atoms with van der Waals surface area (Å²) >= 11 is 3.41. The van der Waals surface area contributed by atoms with Gasteiger partial charge in [0.05, 0.1) is 6.10 Å². The number of aromatic nitrogens is 2. The van der Waals surface area contributed by atoms with E-state index in [2.05, 4.69) is 9.97 Å². The average molecular weight is 387 g/mol. The molecule has 1 atom stereocenters. The van der Waals surface area contributed by atoms with Gasteiger partial charge in [-0.3, -0.25) is 0 Å². The molecule has 6 heteroatoms. The van der Waals surface area contributed by atoms with Gasteiger partial charge < -0.3 is 9.84 Å². The molecule has 1 aromatic carbocycles. The summed E-state index contributed by atoms with van der Waals surface area (Å²) in [5.41, 5.74) is 2.51. The van der Waals surface area contributed by atoms with Crippen molar-refractivity contribution in [2.24, 2.45) is 0 Å². The predicted octanol–water partition coefficient (Wildman–Crippen LogP) is 4.41. The molecule has 0 spiro atoms. The molecule has 0 saturated heterocycles. The van der Waals surface area contributed by atoms with E-state index < -0.39 is 6.10 Å². The first-order valence-corrected chi connectivity index (χ1v) is 10.8. The van der Waals surface area contributed by atoms with Crippen molar-refractivity contribution >= 4 is 33.3 Å². The third-order valence-corrected chi connectivity index (χ3v) is 6.99. The number of thioether (sulfide) groups is 1. The summed E-state index contributed by atoms with van der Waals surface area (Å²) in [6.45, 7) is 2.29. The van der Waals surface area contributed by atoms with Crippen molar-refractivity contribution in [3.63, 3.8) is 0 Å². The molecule has 0 amide bonds. The third-order valence-electron chi connectivity index (χ3n) is 4.65. The van der Waals surface area contributed by atoms with E-state index in [0.29, 0.717) is 5.75 Å². The molecule has 0 aliphatic heterocycles. The molecule has 4 rings (SSSR count). The van der Waals surface area contributed by atoms with Crippen LogP contribution in [-0.2, 0) is 12.8 Å². The molecule has 0 saturated carbocycles. The Labute approximate surface area is 161 Å². The maximum absolute atomic E-state index is 10.3. The molecule has 1 N–H and O–H groups in total. The van der Waals surface area contributed by atoms with Crippen LogP contribution in [0, 0.1) is 6.92 Å². The number of ether oxygens (including phenoxy) is 1. The summed E-state index contributed by atoms with van der Waals surface area (Å²) in [6.07, 6.45) is 5.89. The Morgan fingerprint density at radius 3 is 2.96 bits per heavy atom. The second-order valence-corrected chi connectivity index (χ2v) is 8.70. The van der Waals surface area contributed by atoms with Crippen LogP contribution in [0.3, 0.4) is 0 Å². The number of hydrogen-bond donors (Lipinski definition) is 1. The molecular formula is C20H22N2O2S2. The second kappa shape index (κ2) is 7.94. The number of benzene rings is 1. The Hall–Kier alpha value is -1.63. The second-order valence-electron chi connectivity index (χ2n) is 6.61. The normalized spacial score (nSPS) is 15.0. The zero-order valence-electron chi connectivity index (χ0n) is 14.8. The first-order chi connectivity index (χ1) is 12.7. The van der Waals surface area contributed by atoms with Gasteiger partial charge in [0, 0.05) is 16.0 Å². The lowest BCUT2D eigenvalue weighted by Gasteiger charge is -2.14. The molecule has 2 aromatic heterocycles. The van der Waals surface area contributed by atoms with Crippen LogP contribution in [0.4, 0.5) is 0 Å².